The maximum Gasteiger partial charge on any atom is 0.0618 e. The molecule has 2 rings (SSSR count). The Balaban J connectivity index is 1.86. The molecule has 1 aromatic heterocycles. The number of hydrogen-bond donors (Lipinski definition) is 2. The molecule has 1 aliphatic rings. The molecule has 4 heteroatoms. The van der Waals surface area contributed by atoms with Gasteiger partial charge >= 0.3 is 0 Å². The zero-order chi connectivity index (χ0) is 11.4. The second-order valence-electron chi connectivity index (χ2n) is 4.61. The summed E-state index contributed by atoms with van der Waals surface area (Å²) in [5, 5.41) is 13.0. The summed E-state index contributed by atoms with van der Waals surface area (Å²) in [6, 6.07) is 4.62. The Hall–Kier alpha value is -0.580. The molecule has 1 heterocycles. The van der Waals surface area contributed by atoms with E-state index in [0.717, 1.165) is 5.75 Å². The third kappa shape index (κ3) is 3.47. The number of aliphatic hydroxyl groups excluding tert-OH is 1. The maximum absolute atomic E-state index is 9.45. The quantitative estimate of drug-likeness (QED) is 0.740. The van der Waals surface area contributed by atoms with Crippen LogP contribution < -0.4 is 5.32 Å². The van der Waals surface area contributed by atoms with E-state index in [-0.39, 0.29) is 12.1 Å². The molecule has 0 aliphatic heterocycles. The molecule has 0 amide bonds. The van der Waals surface area contributed by atoms with E-state index in [4.69, 9.17) is 0 Å². The SMILES string of the molecule is CC(CO)(CSc1ccncc1)NC1CC1. The Kier molecular flexibility index (Phi) is 3.84. The molecular formula is C12H18N2OS. The number of pyridine rings is 1. The summed E-state index contributed by atoms with van der Waals surface area (Å²) in [7, 11) is 0. The topological polar surface area (TPSA) is 45.2 Å². The highest BCUT2D eigenvalue weighted by molar-refractivity contribution is 7.99. The first-order valence-corrected chi connectivity index (χ1v) is 6.62. The van der Waals surface area contributed by atoms with Gasteiger partial charge in [-0.1, -0.05) is 0 Å². The lowest BCUT2D eigenvalue weighted by molar-refractivity contribution is 0.190. The summed E-state index contributed by atoms with van der Waals surface area (Å²) >= 11 is 1.76. The maximum atomic E-state index is 9.45. The number of hydrogen-bond acceptors (Lipinski definition) is 4. The number of rotatable bonds is 6. The third-order valence-electron chi connectivity index (χ3n) is 2.69. The van der Waals surface area contributed by atoms with Crippen molar-refractivity contribution in [3.8, 4) is 0 Å². The van der Waals surface area contributed by atoms with Crippen molar-refractivity contribution in [1.82, 2.24) is 10.3 Å². The van der Waals surface area contributed by atoms with Gasteiger partial charge in [-0.05, 0) is 31.9 Å². The molecule has 1 saturated carbocycles. The molecule has 0 saturated heterocycles. The van der Waals surface area contributed by atoms with Gasteiger partial charge in [-0.2, -0.15) is 0 Å². The molecule has 1 atom stereocenters. The van der Waals surface area contributed by atoms with Crippen molar-refractivity contribution in [3.63, 3.8) is 0 Å². The Labute approximate surface area is 101 Å². The molecule has 1 unspecified atom stereocenters. The van der Waals surface area contributed by atoms with Crippen LogP contribution in [0, 0.1) is 0 Å². The van der Waals surface area contributed by atoms with Crippen LogP contribution in [0.25, 0.3) is 0 Å². The zero-order valence-electron chi connectivity index (χ0n) is 9.52. The van der Waals surface area contributed by atoms with Crippen molar-refractivity contribution >= 4 is 11.8 Å². The van der Waals surface area contributed by atoms with Gasteiger partial charge in [0.2, 0.25) is 0 Å². The molecule has 0 aromatic carbocycles. The van der Waals surface area contributed by atoms with Crippen molar-refractivity contribution in [2.75, 3.05) is 12.4 Å². The van der Waals surface area contributed by atoms with Gasteiger partial charge in [0, 0.05) is 34.6 Å². The molecule has 88 valence electrons. The van der Waals surface area contributed by atoms with Gasteiger partial charge in [-0.25, -0.2) is 0 Å². The molecule has 1 aromatic rings. The van der Waals surface area contributed by atoms with E-state index < -0.39 is 0 Å². The van der Waals surface area contributed by atoms with E-state index in [1.54, 1.807) is 24.2 Å². The van der Waals surface area contributed by atoms with Crippen molar-refractivity contribution in [1.29, 1.82) is 0 Å². The molecule has 1 fully saturated rings. The van der Waals surface area contributed by atoms with E-state index in [2.05, 4.69) is 17.2 Å². The second kappa shape index (κ2) is 5.17. The molecular weight excluding hydrogens is 220 g/mol. The smallest absolute Gasteiger partial charge is 0.0618 e. The Morgan fingerprint density at radius 3 is 2.75 bits per heavy atom. The molecule has 0 radical (unpaired) electrons. The van der Waals surface area contributed by atoms with E-state index in [1.165, 1.54) is 17.7 Å². The van der Waals surface area contributed by atoms with Crippen molar-refractivity contribution in [2.24, 2.45) is 0 Å². The molecule has 2 N–H and O–H groups in total. The van der Waals surface area contributed by atoms with Gasteiger partial charge in [0.1, 0.15) is 0 Å². The Morgan fingerprint density at radius 1 is 1.50 bits per heavy atom. The second-order valence-corrected chi connectivity index (χ2v) is 5.66. The predicted octanol–water partition coefficient (Wildman–Crippen LogP) is 1.68. The molecule has 3 nitrogen and oxygen atoms in total. The lowest BCUT2D eigenvalue weighted by atomic mass is 10.1. The van der Waals surface area contributed by atoms with Gasteiger partial charge in [-0.3, -0.25) is 4.98 Å². The minimum absolute atomic E-state index is 0.172. The van der Waals surface area contributed by atoms with Gasteiger partial charge < -0.3 is 10.4 Å². The largest absolute Gasteiger partial charge is 0.394 e. The number of aliphatic hydroxyl groups is 1. The molecule has 16 heavy (non-hydrogen) atoms. The van der Waals surface area contributed by atoms with Crippen LogP contribution in [0.1, 0.15) is 19.8 Å². The predicted molar refractivity (Wildman–Crippen MR) is 66.6 cm³/mol. The average Bonchev–Trinajstić information content (AvgIpc) is 3.12. The number of nitrogens with zero attached hydrogens (tertiary/aromatic N) is 1. The summed E-state index contributed by atoms with van der Waals surface area (Å²) in [6.07, 6.45) is 6.09. The third-order valence-corrected chi connectivity index (χ3v) is 4.07. The fraction of sp³-hybridized carbons (Fsp3) is 0.583. The van der Waals surface area contributed by atoms with Crippen LogP contribution >= 0.6 is 11.8 Å². The van der Waals surface area contributed by atoms with Gasteiger partial charge in [0.25, 0.3) is 0 Å². The fourth-order valence-corrected chi connectivity index (χ4v) is 2.50. The standard InChI is InChI=1S/C12H18N2OS/c1-12(8-15,14-10-2-3-10)9-16-11-4-6-13-7-5-11/h4-7,10,14-15H,2-3,8-9H2,1H3. The fourth-order valence-electron chi connectivity index (χ4n) is 1.53. The van der Waals surface area contributed by atoms with E-state index >= 15 is 0 Å². The first kappa shape index (κ1) is 11.9. The first-order valence-electron chi connectivity index (χ1n) is 5.63. The lowest BCUT2D eigenvalue weighted by Gasteiger charge is -2.28. The van der Waals surface area contributed by atoms with E-state index in [0.29, 0.717) is 6.04 Å². The van der Waals surface area contributed by atoms with Crippen LogP contribution in [-0.2, 0) is 0 Å². The summed E-state index contributed by atoms with van der Waals surface area (Å²) < 4.78 is 0. The van der Waals surface area contributed by atoms with E-state index in [1.807, 2.05) is 12.1 Å². The van der Waals surface area contributed by atoms with Crippen LogP contribution in [0.15, 0.2) is 29.4 Å². The highest BCUT2D eigenvalue weighted by Gasteiger charge is 2.31. The lowest BCUT2D eigenvalue weighted by Crippen LogP contribution is -2.49. The van der Waals surface area contributed by atoms with Crippen LogP contribution in [0.2, 0.25) is 0 Å². The normalized spacial score (nSPS) is 19.4. The number of aromatic nitrogens is 1. The average molecular weight is 238 g/mol. The number of nitrogens with one attached hydrogen (secondary N) is 1. The summed E-state index contributed by atoms with van der Waals surface area (Å²) in [5.74, 6) is 0.879. The highest BCUT2D eigenvalue weighted by Crippen LogP contribution is 2.26. The van der Waals surface area contributed by atoms with Crippen molar-refractivity contribution < 1.29 is 5.11 Å². The van der Waals surface area contributed by atoms with Crippen LogP contribution in [0.4, 0.5) is 0 Å². The molecule has 0 bridgehead atoms. The van der Waals surface area contributed by atoms with Crippen LogP contribution in [0.5, 0.6) is 0 Å². The van der Waals surface area contributed by atoms with Gasteiger partial charge in [0.05, 0.1) is 6.61 Å². The monoisotopic (exact) mass is 238 g/mol. The van der Waals surface area contributed by atoms with Gasteiger partial charge in [-0.15, -0.1) is 11.8 Å². The van der Waals surface area contributed by atoms with Crippen molar-refractivity contribution in [3.05, 3.63) is 24.5 Å². The summed E-state index contributed by atoms with van der Waals surface area (Å²) in [4.78, 5) is 5.19. The summed E-state index contributed by atoms with van der Waals surface area (Å²) in [6.45, 7) is 2.26. The first-order chi connectivity index (χ1) is 7.72. The van der Waals surface area contributed by atoms with E-state index in [9.17, 15) is 5.11 Å². The Morgan fingerprint density at radius 2 is 2.19 bits per heavy atom. The van der Waals surface area contributed by atoms with Gasteiger partial charge in [0.15, 0.2) is 0 Å². The van der Waals surface area contributed by atoms with Crippen LogP contribution in [-0.4, -0.2) is 34.0 Å². The molecule has 1 aliphatic carbocycles. The van der Waals surface area contributed by atoms with Crippen molar-refractivity contribution in [2.45, 2.75) is 36.2 Å². The number of thioether (sulfide) groups is 1. The summed E-state index contributed by atoms with van der Waals surface area (Å²) in [5.41, 5.74) is -0.172. The minimum Gasteiger partial charge on any atom is -0.394 e. The highest BCUT2D eigenvalue weighted by atomic mass is 32.2. The zero-order valence-corrected chi connectivity index (χ0v) is 10.3. The van der Waals surface area contributed by atoms with Crippen LogP contribution in [0.3, 0.4) is 0 Å². The molecule has 0 spiro atoms. The minimum atomic E-state index is -0.172. The Bertz CT molecular complexity index is 329.